The van der Waals surface area contributed by atoms with Crippen molar-refractivity contribution < 1.29 is 4.92 Å². The highest BCUT2D eigenvalue weighted by molar-refractivity contribution is 5.34. The molecule has 0 aliphatic rings. The molecule has 20 heavy (non-hydrogen) atoms. The second-order valence-electron chi connectivity index (χ2n) is 4.82. The Balaban J connectivity index is 2.10. The van der Waals surface area contributed by atoms with Crippen LogP contribution in [-0.2, 0) is 6.54 Å². The molecule has 2 rings (SSSR count). The zero-order valence-corrected chi connectivity index (χ0v) is 11.7. The average Bonchev–Trinajstić information content (AvgIpc) is 2.88. The average molecular weight is 273 g/mol. The van der Waals surface area contributed by atoms with E-state index in [1.165, 1.54) is 11.6 Å². The lowest BCUT2D eigenvalue weighted by Crippen LogP contribution is -2.17. The highest BCUT2D eigenvalue weighted by Crippen LogP contribution is 2.16. The lowest BCUT2D eigenvalue weighted by atomic mass is 10.2. The number of hydrogen-bond acceptors (Lipinski definition) is 3. The van der Waals surface area contributed by atoms with E-state index in [2.05, 4.69) is 31.4 Å². The normalized spacial score (nSPS) is 12.3. The second-order valence-corrected chi connectivity index (χ2v) is 4.82. The summed E-state index contributed by atoms with van der Waals surface area (Å²) in [5.41, 5.74) is 2.28. The third-order valence-electron chi connectivity index (χ3n) is 3.27. The molecule has 0 spiro atoms. The Hall–Kier alpha value is -2.14. The van der Waals surface area contributed by atoms with Crippen molar-refractivity contribution in [3.05, 3.63) is 64.0 Å². The fourth-order valence-corrected chi connectivity index (χ4v) is 2.22. The van der Waals surface area contributed by atoms with Gasteiger partial charge in [0.15, 0.2) is 0 Å². The lowest BCUT2D eigenvalue weighted by molar-refractivity contribution is -0.384. The monoisotopic (exact) mass is 273 g/mol. The molecule has 0 bridgehead atoms. The van der Waals surface area contributed by atoms with Gasteiger partial charge in [-0.05, 0) is 30.7 Å². The van der Waals surface area contributed by atoms with E-state index in [-0.39, 0.29) is 10.6 Å². The zero-order valence-electron chi connectivity index (χ0n) is 11.7. The molecule has 0 saturated carbocycles. The summed E-state index contributed by atoms with van der Waals surface area (Å²) >= 11 is 0. The molecule has 1 N–H and O–H groups in total. The predicted octanol–water partition coefficient (Wildman–Crippen LogP) is 3.12. The number of aromatic nitrogens is 1. The Kier molecular flexibility index (Phi) is 4.53. The number of nitro groups is 1. The van der Waals surface area contributed by atoms with Gasteiger partial charge in [0.2, 0.25) is 0 Å². The maximum absolute atomic E-state index is 10.8. The minimum absolute atomic E-state index is 0.135. The fraction of sp³-hybridized carbons (Fsp3) is 0.333. The summed E-state index contributed by atoms with van der Waals surface area (Å²) in [6.45, 7) is 5.77. The van der Waals surface area contributed by atoms with Gasteiger partial charge in [0, 0.05) is 37.1 Å². The lowest BCUT2D eigenvalue weighted by Gasteiger charge is -2.10. The molecule has 5 nitrogen and oxygen atoms in total. The SMILES string of the molecule is CCNC(C)c1ccn(Cc2cccc([N+](=O)[O-])c2)c1. The third-order valence-corrected chi connectivity index (χ3v) is 3.27. The van der Waals surface area contributed by atoms with Crippen LogP contribution in [0.25, 0.3) is 0 Å². The molecule has 0 aliphatic heterocycles. The molecular weight excluding hydrogens is 254 g/mol. The van der Waals surface area contributed by atoms with E-state index in [4.69, 9.17) is 0 Å². The highest BCUT2D eigenvalue weighted by Gasteiger charge is 2.08. The Morgan fingerprint density at radius 1 is 1.40 bits per heavy atom. The molecule has 0 saturated heterocycles. The molecule has 0 amide bonds. The first-order valence-corrected chi connectivity index (χ1v) is 6.72. The fourth-order valence-electron chi connectivity index (χ4n) is 2.22. The Labute approximate surface area is 118 Å². The van der Waals surface area contributed by atoms with Crippen LogP contribution in [0.3, 0.4) is 0 Å². The summed E-state index contributed by atoms with van der Waals surface area (Å²) in [5, 5.41) is 14.1. The van der Waals surface area contributed by atoms with Gasteiger partial charge >= 0.3 is 0 Å². The molecule has 2 aromatic rings. The van der Waals surface area contributed by atoms with Crippen molar-refractivity contribution in [2.45, 2.75) is 26.4 Å². The number of benzene rings is 1. The van der Waals surface area contributed by atoms with E-state index in [1.807, 2.05) is 16.8 Å². The molecular formula is C15H19N3O2. The molecule has 0 fully saturated rings. The van der Waals surface area contributed by atoms with Crippen molar-refractivity contribution in [3.63, 3.8) is 0 Å². The largest absolute Gasteiger partial charge is 0.350 e. The van der Waals surface area contributed by atoms with Crippen LogP contribution in [-0.4, -0.2) is 16.0 Å². The van der Waals surface area contributed by atoms with E-state index >= 15 is 0 Å². The Morgan fingerprint density at radius 2 is 2.20 bits per heavy atom. The maximum Gasteiger partial charge on any atom is 0.269 e. The van der Waals surface area contributed by atoms with Gasteiger partial charge in [-0.25, -0.2) is 0 Å². The topological polar surface area (TPSA) is 60.1 Å². The number of nitro benzene ring substituents is 1. The summed E-state index contributed by atoms with van der Waals surface area (Å²) < 4.78 is 2.04. The van der Waals surface area contributed by atoms with Gasteiger partial charge < -0.3 is 9.88 Å². The van der Waals surface area contributed by atoms with Crippen molar-refractivity contribution in [3.8, 4) is 0 Å². The molecule has 1 aromatic carbocycles. The summed E-state index contributed by atoms with van der Waals surface area (Å²) in [4.78, 5) is 10.4. The minimum atomic E-state index is -0.363. The number of hydrogen-bond donors (Lipinski definition) is 1. The number of non-ortho nitro benzene ring substituents is 1. The molecule has 1 atom stereocenters. The molecule has 106 valence electrons. The molecule has 5 heteroatoms. The molecule has 1 unspecified atom stereocenters. The highest BCUT2D eigenvalue weighted by atomic mass is 16.6. The third kappa shape index (κ3) is 3.45. The number of rotatable bonds is 6. The minimum Gasteiger partial charge on any atom is -0.350 e. The van der Waals surface area contributed by atoms with Gasteiger partial charge in [-0.3, -0.25) is 10.1 Å². The van der Waals surface area contributed by atoms with E-state index in [1.54, 1.807) is 12.1 Å². The number of nitrogens with one attached hydrogen (secondary N) is 1. The van der Waals surface area contributed by atoms with Gasteiger partial charge in [0.05, 0.1) is 4.92 Å². The first-order chi connectivity index (χ1) is 9.60. The summed E-state index contributed by atoms with van der Waals surface area (Å²) in [6.07, 6.45) is 4.08. The Morgan fingerprint density at radius 3 is 2.90 bits per heavy atom. The molecule has 1 heterocycles. The van der Waals surface area contributed by atoms with Gasteiger partial charge in [-0.1, -0.05) is 19.1 Å². The summed E-state index contributed by atoms with van der Waals surface area (Å²) in [7, 11) is 0. The standard InChI is InChI=1S/C15H19N3O2/c1-3-16-12(2)14-7-8-17(11-14)10-13-5-4-6-15(9-13)18(19)20/h4-9,11-12,16H,3,10H2,1-2H3. The molecule has 0 aliphatic carbocycles. The van der Waals surface area contributed by atoms with Crippen LogP contribution in [0.5, 0.6) is 0 Å². The smallest absolute Gasteiger partial charge is 0.269 e. The first-order valence-electron chi connectivity index (χ1n) is 6.72. The van der Waals surface area contributed by atoms with Crippen molar-refractivity contribution >= 4 is 5.69 Å². The van der Waals surface area contributed by atoms with E-state index in [0.717, 1.165) is 12.1 Å². The first kappa shape index (κ1) is 14.3. The Bertz CT molecular complexity index is 592. The zero-order chi connectivity index (χ0) is 14.5. The second kappa shape index (κ2) is 6.34. The maximum atomic E-state index is 10.8. The van der Waals surface area contributed by atoms with E-state index in [9.17, 15) is 10.1 Å². The number of nitrogens with zero attached hydrogens (tertiary/aromatic N) is 2. The quantitative estimate of drug-likeness (QED) is 0.650. The van der Waals surface area contributed by atoms with Crippen molar-refractivity contribution in [1.82, 2.24) is 9.88 Å². The van der Waals surface area contributed by atoms with Crippen molar-refractivity contribution in [2.24, 2.45) is 0 Å². The van der Waals surface area contributed by atoms with Gasteiger partial charge in [0.1, 0.15) is 0 Å². The molecule has 1 aromatic heterocycles. The van der Waals surface area contributed by atoms with Crippen LogP contribution in [0, 0.1) is 10.1 Å². The van der Waals surface area contributed by atoms with E-state index in [0.29, 0.717) is 12.6 Å². The van der Waals surface area contributed by atoms with Crippen LogP contribution in [0.2, 0.25) is 0 Å². The predicted molar refractivity (Wildman–Crippen MR) is 78.7 cm³/mol. The van der Waals surface area contributed by atoms with Crippen LogP contribution >= 0.6 is 0 Å². The van der Waals surface area contributed by atoms with Gasteiger partial charge in [0.25, 0.3) is 5.69 Å². The van der Waals surface area contributed by atoms with Crippen LogP contribution in [0.15, 0.2) is 42.7 Å². The van der Waals surface area contributed by atoms with Crippen LogP contribution in [0.1, 0.15) is 31.0 Å². The van der Waals surface area contributed by atoms with Gasteiger partial charge in [-0.2, -0.15) is 0 Å². The van der Waals surface area contributed by atoms with Crippen LogP contribution < -0.4 is 5.32 Å². The molecule has 0 radical (unpaired) electrons. The van der Waals surface area contributed by atoms with Crippen molar-refractivity contribution in [2.75, 3.05) is 6.54 Å². The van der Waals surface area contributed by atoms with Crippen LogP contribution in [0.4, 0.5) is 5.69 Å². The van der Waals surface area contributed by atoms with Gasteiger partial charge in [-0.15, -0.1) is 0 Å². The van der Waals surface area contributed by atoms with Crippen molar-refractivity contribution in [1.29, 1.82) is 0 Å². The summed E-state index contributed by atoms with van der Waals surface area (Å²) in [5.74, 6) is 0. The summed E-state index contributed by atoms with van der Waals surface area (Å²) in [6, 6.07) is 9.14. The van der Waals surface area contributed by atoms with E-state index < -0.39 is 0 Å².